The predicted octanol–water partition coefficient (Wildman–Crippen LogP) is 5.21. The molecule has 1 aliphatic rings. The minimum absolute atomic E-state index is 0.0127. The highest BCUT2D eigenvalue weighted by Gasteiger charge is 2.26. The fraction of sp³-hybridized carbons (Fsp3) is 0.387. The van der Waals surface area contributed by atoms with E-state index in [-0.39, 0.29) is 17.4 Å². The molecule has 36 heavy (non-hydrogen) atoms. The van der Waals surface area contributed by atoms with Gasteiger partial charge in [0.15, 0.2) is 0 Å². The number of piperazine rings is 1. The first-order valence-electron chi connectivity index (χ1n) is 12.9. The molecule has 1 N–H and O–H groups in total. The monoisotopic (exact) mass is 485 g/mol. The molecule has 0 spiro atoms. The van der Waals surface area contributed by atoms with Crippen LogP contribution in [0, 0.1) is 0 Å². The lowest BCUT2D eigenvalue weighted by molar-refractivity contribution is -0.120. The Labute approximate surface area is 216 Å². The fourth-order valence-electron chi connectivity index (χ4n) is 4.89. The number of carbonyl (C=O) groups excluding carboxylic acids is 1. The van der Waals surface area contributed by atoms with Gasteiger partial charge in [0.05, 0.1) is 19.6 Å². The molecule has 4 rings (SSSR count). The minimum Gasteiger partial charge on any atom is -0.496 e. The summed E-state index contributed by atoms with van der Waals surface area (Å²) in [6.45, 7) is 11.1. The summed E-state index contributed by atoms with van der Waals surface area (Å²) in [7, 11) is 1.64. The third kappa shape index (κ3) is 6.46. The van der Waals surface area contributed by atoms with Crippen molar-refractivity contribution in [3.05, 3.63) is 95.6 Å². The lowest BCUT2D eigenvalue weighted by Crippen LogP contribution is -2.50. The molecule has 0 radical (unpaired) electrons. The van der Waals surface area contributed by atoms with Crippen LogP contribution < -0.4 is 15.0 Å². The van der Waals surface area contributed by atoms with Crippen LogP contribution in [0.1, 0.15) is 43.5 Å². The normalized spacial score (nSPS) is 15.4. The highest BCUT2D eigenvalue weighted by molar-refractivity contribution is 5.79. The van der Waals surface area contributed by atoms with Crippen molar-refractivity contribution in [1.82, 2.24) is 10.2 Å². The quantitative estimate of drug-likeness (QED) is 0.475. The van der Waals surface area contributed by atoms with Crippen LogP contribution in [0.15, 0.2) is 78.9 Å². The number of hydrogen-bond acceptors (Lipinski definition) is 4. The van der Waals surface area contributed by atoms with E-state index in [9.17, 15) is 4.79 Å². The Hall–Kier alpha value is -3.31. The van der Waals surface area contributed by atoms with E-state index in [1.165, 1.54) is 16.8 Å². The summed E-state index contributed by atoms with van der Waals surface area (Å²) >= 11 is 0. The zero-order chi connectivity index (χ0) is 25.5. The molecule has 0 saturated carbocycles. The summed E-state index contributed by atoms with van der Waals surface area (Å²) in [5.41, 5.74) is 4.85. The van der Waals surface area contributed by atoms with E-state index >= 15 is 0 Å². The molecule has 0 aromatic heterocycles. The SMILES string of the molecule is COc1ccccc1CC(=O)NCC(c1ccc(C(C)(C)C)cc1)N1CCN(c2ccccc2)CC1. The van der Waals surface area contributed by atoms with Gasteiger partial charge in [-0.15, -0.1) is 0 Å². The summed E-state index contributed by atoms with van der Waals surface area (Å²) in [4.78, 5) is 17.9. The molecule has 1 atom stereocenters. The molecule has 0 bridgehead atoms. The third-order valence-corrected chi connectivity index (χ3v) is 7.07. The fourth-order valence-corrected chi connectivity index (χ4v) is 4.89. The first-order valence-corrected chi connectivity index (χ1v) is 12.9. The molecular weight excluding hydrogens is 446 g/mol. The largest absolute Gasteiger partial charge is 0.496 e. The lowest BCUT2D eigenvalue weighted by atomic mass is 9.86. The number of carbonyl (C=O) groups is 1. The summed E-state index contributed by atoms with van der Waals surface area (Å²) in [6.07, 6.45) is 0.307. The Morgan fingerprint density at radius 1 is 0.889 bits per heavy atom. The van der Waals surface area contributed by atoms with Gasteiger partial charge in [-0.2, -0.15) is 0 Å². The number of ether oxygens (including phenoxy) is 1. The maximum absolute atomic E-state index is 12.9. The van der Waals surface area contributed by atoms with Crippen LogP contribution in [-0.2, 0) is 16.6 Å². The van der Waals surface area contributed by atoms with Crippen molar-refractivity contribution in [3.63, 3.8) is 0 Å². The topological polar surface area (TPSA) is 44.8 Å². The van der Waals surface area contributed by atoms with Crippen molar-refractivity contribution in [2.75, 3.05) is 44.7 Å². The number of amides is 1. The van der Waals surface area contributed by atoms with Crippen LogP contribution in [0.2, 0.25) is 0 Å². The number of para-hydroxylation sites is 2. The van der Waals surface area contributed by atoms with E-state index in [2.05, 4.69) is 90.5 Å². The zero-order valence-electron chi connectivity index (χ0n) is 22.0. The van der Waals surface area contributed by atoms with Crippen LogP contribution in [0.5, 0.6) is 5.75 Å². The minimum atomic E-state index is 0.0127. The number of methoxy groups -OCH3 is 1. The maximum Gasteiger partial charge on any atom is 0.224 e. The molecule has 5 heteroatoms. The summed E-state index contributed by atoms with van der Waals surface area (Å²) in [6, 6.07) is 27.4. The van der Waals surface area contributed by atoms with Gasteiger partial charge in [0, 0.05) is 44.0 Å². The van der Waals surface area contributed by atoms with E-state index in [1.54, 1.807) is 7.11 Å². The first-order chi connectivity index (χ1) is 17.3. The summed E-state index contributed by atoms with van der Waals surface area (Å²) in [5, 5.41) is 3.22. The number of nitrogens with zero attached hydrogens (tertiary/aromatic N) is 2. The molecule has 1 unspecified atom stereocenters. The van der Waals surface area contributed by atoms with Gasteiger partial charge < -0.3 is 15.0 Å². The van der Waals surface area contributed by atoms with Gasteiger partial charge in [-0.05, 0) is 34.7 Å². The highest BCUT2D eigenvalue weighted by Crippen LogP contribution is 2.28. The van der Waals surface area contributed by atoms with Crippen LogP contribution in [0.3, 0.4) is 0 Å². The Kier molecular flexibility index (Phi) is 8.32. The van der Waals surface area contributed by atoms with E-state index in [0.29, 0.717) is 13.0 Å². The Morgan fingerprint density at radius 3 is 2.17 bits per heavy atom. The van der Waals surface area contributed by atoms with Gasteiger partial charge in [0.25, 0.3) is 0 Å². The van der Waals surface area contributed by atoms with Crippen LogP contribution >= 0.6 is 0 Å². The van der Waals surface area contributed by atoms with E-state index in [0.717, 1.165) is 37.5 Å². The second-order valence-electron chi connectivity index (χ2n) is 10.5. The number of hydrogen-bond donors (Lipinski definition) is 1. The van der Waals surface area contributed by atoms with Gasteiger partial charge in [0.2, 0.25) is 5.91 Å². The molecule has 1 heterocycles. The molecule has 1 saturated heterocycles. The van der Waals surface area contributed by atoms with Crippen molar-refractivity contribution >= 4 is 11.6 Å². The number of benzene rings is 3. The smallest absolute Gasteiger partial charge is 0.224 e. The average Bonchev–Trinajstić information content (AvgIpc) is 2.90. The average molecular weight is 486 g/mol. The molecular formula is C31H39N3O2. The Bertz CT molecular complexity index is 1110. The molecule has 3 aromatic carbocycles. The van der Waals surface area contributed by atoms with E-state index in [4.69, 9.17) is 4.74 Å². The number of rotatable bonds is 8. The van der Waals surface area contributed by atoms with Crippen LogP contribution in [0.25, 0.3) is 0 Å². The molecule has 190 valence electrons. The van der Waals surface area contributed by atoms with Gasteiger partial charge in [-0.1, -0.05) is 81.4 Å². The predicted molar refractivity (Wildman–Crippen MR) is 148 cm³/mol. The molecule has 1 aliphatic heterocycles. The first kappa shape index (κ1) is 25.8. The maximum atomic E-state index is 12.9. The van der Waals surface area contributed by atoms with E-state index < -0.39 is 0 Å². The van der Waals surface area contributed by atoms with Gasteiger partial charge in [0.1, 0.15) is 5.75 Å². The Morgan fingerprint density at radius 2 is 1.53 bits per heavy atom. The molecule has 0 aliphatic carbocycles. The second kappa shape index (κ2) is 11.6. The van der Waals surface area contributed by atoms with Gasteiger partial charge >= 0.3 is 0 Å². The van der Waals surface area contributed by atoms with Crippen molar-refractivity contribution in [1.29, 1.82) is 0 Å². The molecule has 1 fully saturated rings. The zero-order valence-corrected chi connectivity index (χ0v) is 22.0. The highest BCUT2D eigenvalue weighted by atomic mass is 16.5. The molecule has 5 nitrogen and oxygen atoms in total. The molecule has 3 aromatic rings. The summed E-state index contributed by atoms with van der Waals surface area (Å²) in [5.74, 6) is 0.762. The standard InChI is InChI=1S/C31H39N3O2/c1-31(2,3)26-16-14-24(15-17-26)28(23-32-30(35)22-25-10-8-9-13-29(25)36-4)34-20-18-33(19-21-34)27-11-6-5-7-12-27/h5-17,28H,18-23H2,1-4H3,(H,32,35). The molecule has 1 amide bonds. The van der Waals surface area contributed by atoms with Crippen molar-refractivity contribution in [3.8, 4) is 5.75 Å². The third-order valence-electron chi connectivity index (χ3n) is 7.07. The second-order valence-corrected chi connectivity index (χ2v) is 10.5. The van der Waals surface area contributed by atoms with Crippen molar-refractivity contribution in [2.24, 2.45) is 0 Å². The van der Waals surface area contributed by atoms with Gasteiger partial charge in [-0.25, -0.2) is 0 Å². The van der Waals surface area contributed by atoms with Crippen molar-refractivity contribution in [2.45, 2.75) is 38.6 Å². The summed E-state index contributed by atoms with van der Waals surface area (Å²) < 4.78 is 5.43. The van der Waals surface area contributed by atoms with Gasteiger partial charge in [-0.3, -0.25) is 9.69 Å². The number of nitrogens with one attached hydrogen (secondary N) is 1. The van der Waals surface area contributed by atoms with Crippen LogP contribution in [0.4, 0.5) is 5.69 Å². The Balaban J connectivity index is 1.47. The lowest BCUT2D eigenvalue weighted by Gasteiger charge is -2.40. The van der Waals surface area contributed by atoms with E-state index in [1.807, 2.05) is 24.3 Å². The van der Waals surface area contributed by atoms with Crippen LogP contribution in [-0.4, -0.2) is 50.6 Å². The number of anilines is 1. The van der Waals surface area contributed by atoms with Crippen molar-refractivity contribution < 1.29 is 9.53 Å².